The standard InChI is InChI=1S/C19H10Cl3F3N4O3/c1-8(30)7-31-15-4-11(20)10(3-12(15)21)16-27-18(32-28-16)14-6-29-5-9(19(23,24)25)2-13(22)17(29)26-14/h2-6H,7H2,1H3. The van der Waals surface area contributed by atoms with Gasteiger partial charge in [-0.2, -0.15) is 18.2 Å². The van der Waals surface area contributed by atoms with E-state index in [4.69, 9.17) is 44.1 Å². The van der Waals surface area contributed by atoms with Crippen LogP contribution in [0.3, 0.4) is 0 Å². The first kappa shape index (κ1) is 22.4. The summed E-state index contributed by atoms with van der Waals surface area (Å²) >= 11 is 18.4. The highest BCUT2D eigenvalue weighted by molar-refractivity contribution is 6.36. The lowest BCUT2D eigenvalue weighted by Crippen LogP contribution is -2.06. The number of pyridine rings is 1. The van der Waals surface area contributed by atoms with Gasteiger partial charge in [0.2, 0.25) is 5.82 Å². The van der Waals surface area contributed by atoms with E-state index in [0.29, 0.717) is 5.56 Å². The van der Waals surface area contributed by atoms with Crippen molar-refractivity contribution in [1.29, 1.82) is 0 Å². The number of ether oxygens (including phenoxy) is 1. The van der Waals surface area contributed by atoms with Gasteiger partial charge in [0.05, 0.1) is 20.6 Å². The van der Waals surface area contributed by atoms with Crippen LogP contribution in [0.25, 0.3) is 28.6 Å². The first-order chi connectivity index (χ1) is 15.0. The molecule has 1 aromatic carbocycles. The summed E-state index contributed by atoms with van der Waals surface area (Å²) in [4.78, 5) is 19.4. The lowest BCUT2D eigenvalue weighted by Gasteiger charge is -2.08. The van der Waals surface area contributed by atoms with Gasteiger partial charge in [-0.15, -0.1) is 0 Å². The number of hydrogen-bond acceptors (Lipinski definition) is 6. The highest BCUT2D eigenvalue weighted by atomic mass is 35.5. The molecule has 0 saturated heterocycles. The highest BCUT2D eigenvalue weighted by Crippen LogP contribution is 2.37. The molecule has 0 spiro atoms. The Morgan fingerprint density at radius 2 is 1.84 bits per heavy atom. The largest absolute Gasteiger partial charge is 0.484 e. The second kappa shape index (κ2) is 8.27. The van der Waals surface area contributed by atoms with Crippen LogP contribution < -0.4 is 4.74 Å². The minimum Gasteiger partial charge on any atom is -0.484 e. The molecule has 0 aliphatic heterocycles. The molecule has 0 N–H and O–H groups in total. The lowest BCUT2D eigenvalue weighted by molar-refractivity contribution is -0.137. The molecule has 0 unspecified atom stereocenters. The molecule has 3 aromatic heterocycles. The van der Waals surface area contributed by atoms with E-state index in [-0.39, 0.29) is 56.3 Å². The maximum Gasteiger partial charge on any atom is 0.417 e. The fourth-order valence-corrected chi connectivity index (χ4v) is 3.46. The summed E-state index contributed by atoms with van der Waals surface area (Å²) < 4.78 is 50.7. The topological polar surface area (TPSA) is 82.5 Å². The fourth-order valence-electron chi connectivity index (χ4n) is 2.74. The summed E-state index contributed by atoms with van der Waals surface area (Å²) in [6.45, 7) is 1.19. The third kappa shape index (κ3) is 4.38. The number of benzene rings is 1. The van der Waals surface area contributed by atoms with Gasteiger partial charge in [-0.05, 0) is 19.1 Å². The van der Waals surface area contributed by atoms with Gasteiger partial charge in [-0.25, -0.2) is 4.98 Å². The zero-order valence-electron chi connectivity index (χ0n) is 15.9. The Labute approximate surface area is 192 Å². The van der Waals surface area contributed by atoms with Crippen molar-refractivity contribution in [3.05, 3.63) is 51.2 Å². The van der Waals surface area contributed by atoms with Crippen molar-refractivity contribution in [2.24, 2.45) is 0 Å². The average Bonchev–Trinajstić information content (AvgIpc) is 3.34. The first-order valence-corrected chi connectivity index (χ1v) is 9.87. The molecule has 3 heterocycles. The van der Waals surface area contributed by atoms with Crippen LogP contribution in [0.15, 0.2) is 35.1 Å². The van der Waals surface area contributed by atoms with Crippen molar-refractivity contribution in [2.45, 2.75) is 13.1 Å². The van der Waals surface area contributed by atoms with Crippen molar-refractivity contribution in [2.75, 3.05) is 6.61 Å². The Kier molecular flexibility index (Phi) is 5.78. The molecule has 0 bridgehead atoms. The number of alkyl halides is 3. The van der Waals surface area contributed by atoms with Crippen LogP contribution in [-0.4, -0.2) is 31.9 Å². The number of Topliss-reactive ketones (excluding diaryl/α,β-unsaturated/α-hetero) is 1. The van der Waals surface area contributed by atoms with E-state index in [2.05, 4.69) is 15.1 Å². The summed E-state index contributed by atoms with van der Waals surface area (Å²) in [5.74, 6) is -0.00430. The molecular weight excluding hydrogens is 496 g/mol. The monoisotopic (exact) mass is 504 g/mol. The van der Waals surface area contributed by atoms with Crippen molar-refractivity contribution >= 4 is 46.2 Å². The third-order valence-electron chi connectivity index (χ3n) is 4.17. The van der Waals surface area contributed by atoms with Gasteiger partial charge in [0.15, 0.2) is 11.4 Å². The van der Waals surface area contributed by atoms with Gasteiger partial charge < -0.3 is 13.7 Å². The molecule has 0 fully saturated rings. The molecule has 0 atom stereocenters. The Morgan fingerprint density at radius 1 is 1.09 bits per heavy atom. The van der Waals surface area contributed by atoms with Crippen molar-refractivity contribution in [3.8, 4) is 28.7 Å². The van der Waals surface area contributed by atoms with Crippen LogP contribution in [0.1, 0.15) is 12.5 Å². The van der Waals surface area contributed by atoms with Crippen LogP contribution in [0, 0.1) is 0 Å². The summed E-state index contributed by atoms with van der Waals surface area (Å²) in [7, 11) is 0. The number of rotatable bonds is 5. The Morgan fingerprint density at radius 3 is 2.53 bits per heavy atom. The number of hydrogen-bond donors (Lipinski definition) is 0. The summed E-state index contributed by atoms with van der Waals surface area (Å²) in [5.41, 5.74) is -0.433. The third-order valence-corrected chi connectivity index (χ3v) is 5.06. The van der Waals surface area contributed by atoms with Crippen LogP contribution >= 0.6 is 34.8 Å². The number of carbonyl (C=O) groups excluding carboxylic acids is 1. The Balaban J connectivity index is 1.68. The van der Waals surface area contributed by atoms with Crippen LogP contribution in [0.5, 0.6) is 5.75 Å². The zero-order valence-corrected chi connectivity index (χ0v) is 18.1. The molecule has 166 valence electrons. The van der Waals surface area contributed by atoms with Crippen LogP contribution in [0.4, 0.5) is 13.2 Å². The molecule has 4 rings (SSSR count). The SMILES string of the molecule is CC(=O)COc1cc(Cl)c(-c2noc(-c3cn4cc(C(F)(F)F)cc(Cl)c4n3)n2)cc1Cl. The van der Waals surface area contributed by atoms with Gasteiger partial charge in [0, 0.05) is 24.0 Å². The van der Waals surface area contributed by atoms with E-state index < -0.39 is 11.7 Å². The number of ketones is 1. The van der Waals surface area contributed by atoms with E-state index in [1.165, 1.54) is 25.3 Å². The molecule has 4 aromatic rings. The minimum absolute atomic E-state index is 0.0594. The van der Waals surface area contributed by atoms with Crippen LogP contribution in [-0.2, 0) is 11.0 Å². The normalized spacial score (nSPS) is 11.8. The molecule has 0 aliphatic carbocycles. The van der Waals surface area contributed by atoms with Crippen molar-refractivity contribution < 1.29 is 27.2 Å². The maximum absolute atomic E-state index is 13.0. The molecule has 0 saturated carbocycles. The van der Waals surface area contributed by atoms with E-state index >= 15 is 0 Å². The number of halogens is 6. The van der Waals surface area contributed by atoms with E-state index in [1.807, 2.05) is 0 Å². The smallest absolute Gasteiger partial charge is 0.417 e. The van der Waals surface area contributed by atoms with Gasteiger partial charge in [-0.1, -0.05) is 40.0 Å². The van der Waals surface area contributed by atoms with E-state index in [1.54, 1.807) is 0 Å². The van der Waals surface area contributed by atoms with E-state index in [9.17, 15) is 18.0 Å². The molecule has 7 nitrogen and oxygen atoms in total. The minimum atomic E-state index is -4.57. The molecule has 13 heteroatoms. The molecular formula is C19H10Cl3F3N4O3. The summed E-state index contributed by atoms with van der Waals surface area (Å²) in [6.07, 6.45) is -2.44. The van der Waals surface area contributed by atoms with Gasteiger partial charge in [0.25, 0.3) is 5.89 Å². The molecule has 32 heavy (non-hydrogen) atoms. The predicted octanol–water partition coefficient (Wildman–Crippen LogP) is 6.00. The first-order valence-electron chi connectivity index (χ1n) is 8.74. The number of carbonyl (C=O) groups is 1. The number of fused-ring (bicyclic) bond motifs is 1. The van der Waals surface area contributed by atoms with Gasteiger partial charge >= 0.3 is 6.18 Å². The summed E-state index contributed by atoms with van der Waals surface area (Å²) in [6, 6.07) is 3.62. The fraction of sp³-hybridized carbons (Fsp3) is 0.158. The Bertz CT molecular complexity index is 1350. The summed E-state index contributed by atoms with van der Waals surface area (Å²) in [5, 5.41) is 3.98. The lowest BCUT2D eigenvalue weighted by atomic mass is 10.2. The quantitative estimate of drug-likeness (QED) is 0.331. The second-order valence-electron chi connectivity index (χ2n) is 6.61. The van der Waals surface area contributed by atoms with Gasteiger partial charge in [-0.3, -0.25) is 4.79 Å². The maximum atomic E-state index is 13.0. The Hall–Kier alpha value is -2.82. The molecule has 0 radical (unpaired) electrons. The van der Waals surface area contributed by atoms with Crippen LogP contribution in [0.2, 0.25) is 15.1 Å². The predicted molar refractivity (Wildman–Crippen MR) is 110 cm³/mol. The molecule has 0 amide bonds. The zero-order chi connectivity index (χ0) is 23.2. The average molecular weight is 506 g/mol. The van der Waals surface area contributed by atoms with Crippen molar-refractivity contribution in [1.82, 2.24) is 19.5 Å². The second-order valence-corrected chi connectivity index (χ2v) is 7.83. The molecule has 0 aliphatic rings. The van der Waals surface area contributed by atoms with Crippen molar-refractivity contribution in [3.63, 3.8) is 0 Å². The number of aromatic nitrogens is 4. The number of imidazole rings is 1. The highest BCUT2D eigenvalue weighted by Gasteiger charge is 2.32. The van der Waals surface area contributed by atoms with Gasteiger partial charge in [0.1, 0.15) is 18.1 Å². The number of nitrogens with zero attached hydrogens (tertiary/aromatic N) is 4. The van der Waals surface area contributed by atoms with E-state index in [0.717, 1.165) is 16.7 Å².